The van der Waals surface area contributed by atoms with Gasteiger partial charge in [0.15, 0.2) is 0 Å². The van der Waals surface area contributed by atoms with Crippen LogP contribution in [0.2, 0.25) is 5.02 Å². The van der Waals surface area contributed by atoms with Gasteiger partial charge in [0.1, 0.15) is 5.82 Å². The van der Waals surface area contributed by atoms with E-state index in [9.17, 15) is 4.39 Å². The lowest BCUT2D eigenvalue weighted by Crippen LogP contribution is -1.98. The zero-order valence-electron chi connectivity index (χ0n) is 13.1. The lowest BCUT2D eigenvalue weighted by molar-refractivity contribution is 0.618. The normalized spacial score (nSPS) is 10.5. The molecule has 0 aliphatic carbocycles. The molecule has 3 aromatic carbocycles. The highest BCUT2D eigenvalue weighted by atomic mass is 35.5. The molecule has 0 amide bonds. The third-order valence-corrected chi connectivity index (χ3v) is 4.08. The Morgan fingerprint density at radius 3 is 2.12 bits per heavy atom. The van der Waals surface area contributed by atoms with Crippen LogP contribution in [0.25, 0.3) is 11.1 Å². The summed E-state index contributed by atoms with van der Waals surface area (Å²) in [5, 5.41) is 11.4. The highest BCUT2D eigenvalue weighted by molar-refractivity contribution is 6.30. The van der Waals surface area contributed by atoms with E-state index in [2.05, 4.69) is 5.32 Å². The van der Waals surface area contributed by atoms with Crippen LogP contribution >= 0.6 is 11.6 Å². The molecule has 0 unspecified atom stereocenters. The fourth-order valence-corrected chi connectivity index (χ4v) is 2.59. The van der Waals surface area contributed by atoms with Crippen molar-refractivity contribution in [1.29, 1.82) is 5.41 Å². The van der Waals surface area contributed by atoms with Crippen LogP contribution in [-0.2, 0) is 0 Å². The monoisotopic (exact) mass is 338 g/mol. The van der Waals surface area contributed by atoms with Gasteiger partial charge in [-0.1, -0.05) is 35.9 Å². The molecule has 0 heterocycles. The smallest absolute Gasteiger partial charge is 0.126 e. The maximum Gasteiger partial charge on any atom is 0.126 e. The van der Waals surface area contributed by atoms with Crippen LogP contribution in [0.1, 0.15) is 11.1 Å². The minimum absolute atomic E-state index is 0.308. The third-order valence-electron chi connectivity index (χ3n) is 3.83. The van der Waals surface area contributed by atoms with Crippen LogP contribution in [0, 0.1) is 18.2 Å². The number of hydrogen-bond donors (Lipinski definition) is 2. The van der Waals surface area contributed by atoms with Crippen LogP contribution in [-0.4, -0.2) is 6.21 Å². The molecule has 0 saturated heterocycles. The molecular weight excluding hydrogens is 323 g/mol. The van der Waals surface area contributed by atoms with Crippen molar-refractivity contribution in [2.45, 2.75) is 6.92 Å². The zero-order valence-corrected chi connectivity index (χ0v) is 13.9. The number of aryl methyl sites for hydroxylation is 1. The Bertz CT molecular complexity index is 871. The Labute approximate surface area is 145 Å². The molecule has 0 aromatic heterocycles. The van der Waals surface area contributed by atoms with E-state index in [1.54, 1.807) is 13.0 Å². The highest BCUT2D eigenvalue weighted by Crippen LogP contribution is 2.26. The number of nitrogens with one attached hydrogen (secondary N) is 2. The van der Waals surface area contributed by atoms with Gasteiger partial charge in [0.05, 0.1) is 0 Å². The summed E-state index contributed by atoms with van der Waals surface area (Å²) in [7, 11) is 0. The fraction of sp³-hybridized carbons (Fsp3) is 0.0500. The largest absolute Gasteiger partial charge is 0.355 e. The Hall–Kier alpha value is -2.65. The summed E-state index contributed by atoms with van der Waals surface area (Å²) in [6.07, 6.45) is 1.15. The molecule has 0 radical (unpaired) electrons. The van der Waals surface area contributed by atoms with Gasteiger partial charge in [0, 0.05) is 28.2 Å². The topological polar surface area (TPSA) is 35.9 Å². The van der Waals surface area contributed by atoms with Gasteiger partial charge in [-0.3, -0.25) is 0 Å². The first-order valence-corrected chi connectivity index (χ1v) is 7.88. The number of benzene rings is 3. The van der Waals surface area contributed by atoms with Gasteiger partial charge in [0.25, 0.3) is 0 Å². The molecule has 2 nitrogen and oxygen atoms in total. The first-order valence-electron chi connectivity index (χ1n) is 7.50. The predicted molar refractivity (Wildman–Crippen MR) is 99.2 cm³/mol. The van der Waals surface area contributed by atoms with E-state index in [1.165, 1.54) is 6.07 Å². The summed E-state index contributed by atoms with van der Waals surface area (Å²) >= 11 is 5.91. The van der Waals surface area contributed by atoms with Crippen molar-refractivity contribution < 1.29 is 4.39 Å². The molecule has 0 aliphatic heterocycles. The molecular formula is C20H16ClFN2. The molecule has 0 spiro atoms. The Morgan fingerprint density at radius 1 is 0.958 bits per heavy atom. The van der Waals surface area contributed by atoms with Gasteiger partial charge >= 0.3 is 0 Å². The van der Waals surface area contributed by atoms with Gasteiger partial charge in [-0.2, -0.15) is 0 Å². The van der Waals surface area contributed by atoms with Gasteiger partial charge in [-0.05, 0) is 60.0 Å². The van der Waals surface area contributed by atoms with Crippen LogP contribution < -0.4 is 5.32 Å². The Balaban J connectivity index is 1.86. The SMILES string of the molecule is Cc1cc(Nc2ccc(-c3ccc(Cl)cc3)cc2)c(C=N)cc1F. The molecule has 0 atom stereocenters. The van der Waals surface area contributed by atoms with Crippen LogP contribution in [0.3, 0.4) is 0 Å². The van der Waals surface area contributed by atoms with E-state index in [-0.39, 0.29) is 5.82 Å². The van der Waals surface area contributed by atoms with E-state index in [4.69, 9.17) is 17.0 Å². The molecule has 0 bridgehead atoms. The summed E-state index contributed by atoms with van der Waals surface area (Å²) in [4.78, 5) is 0. The Kier molecular flexibility index (Phi) is 4.63. The number of hydrogen-bond acceptors (Lipinski definition) is 2. The summed E-state index contributed by atoms with van der Waals surface area (Å²) in [6, 6.07) is 18.7. The quantitative estimate of drug-likeness (QED) is 0.546. The van der Waals surface area contributed by atoms with Gasteiger partial charge in [0.2, 0.25) is 0 Å². The van der Waals surface area contributed by atoms with Crippen LogP contribution in [0.15, 0.2) is 60.7 Å². The minimum atomic E-state index is -0.308. The van der Waals surface area contributed by atoms with E-state index in [0.717, 1.165) is 23.0 Å². The van der Waals surface area contributed by atoms with Crippen LogP contribution in [0.4, 0.5) is 15.8 Å². The Morgan fingerprint density at radius 2 is 1.54 bits per heavy atom. The second-order valence-electron chi connectivity index (χ2n) is 5.54. The second kappa shape index (κ2) is 6.85. The van der Waals surface area contributed by atoms with Crippen molar-refractivity contribution in [3.05, 3.63) is 82.6 Å². The van der Waals surface area contributed by atoms with Gasteiger partial charge < -0.3 is 10.7 Å². The molecule has 0 saturated carbocycles. The van der Waals surface area contributed by atoms with E-state index >= 15 is 0 Å². The third kappa shape index (κ3) is 3.47. The first kappa shape index (κ1) is 16.2. The predicted octanol–water partition coefficient (Wildman–Crippen LogP) is 6.20. The minimum Gasteiger partial charge on any atom is -0.355 e. The lowest BCUT2D eigenvalue weighted by Gasteiger charge is -2.12. The van der Waals surface area contributed by atoms with E-state index in [0.29, 0.717) is 21.8 Å². The molecule has 0 fully saturated rings. The average molecular weight is 339 g/mol. The maximum absolute atomic E-state index is 13.6. The lowest BCUT2D eigenvalue weighted by atomic mass is 10.1. The molecule has 2 N–H and O–H groups in total. The average Bonchev–Trinajstić information content (AvgIpc) is 2.59. The van der Waals surface area contributed by atoms with Crippen molar-refractivity contribution in [3.8, 4) is 11.1 Å². The van der Waals surface area contributed by atoms with Gasteiger partial charge in [-0.15, -0.1) is 0 Å². The standard InChI is InChI=1S/C20H16ClFN2/c1-13-10-20(16(12-23)11-19(13)22)24-18-8-4-15(5-9-18)14-2-6-17(21)7-3-14/h2-12,23-24H,1H3. The summed E-state index contributed by atoms with van der Waals surface area (Å²) in [5.41, 5.74) is 4.81. The highest BCUT2D eigenvalue weighted by Gasteiger charge is 2.06. The van der Waals surface area contributed by atoms with Crippen molar-refractivity contribution in [2.24, 2.45) is 0 Å². The molecule has 24 heavy (non-hydrogen) atoms. The molecule has 0 aliphatic rings. The molecule has 3 rings (SSSR count). The van der Waals surface area contributed by atoms with Crippen molar-refractivity contribution in [1.82, 2.24) is 0 Å². The number of halogens is 2. The molecule has 4 heteroatoms. The van der Waals surface area contributed by atoms with E-state index in [1.807, 2.05) is 48.5 Å². The van der Waals surface area contributed by atoms with Crippen molar-refractivity contribution in [3.63, 3.8) is 0 Å². The molecule has 3 aromatic rings. The number of anilines is 2. The second-order valence-corrected chi connectivity index (χ2v) is 5.98. The summed E-state index contributed by atoms with van der Waals surface area (Å²) in [5.74, 6) is -0.308. The van der Waals surface area contributed by atoms with Crippen molar-refractivity contribution >= 4 is 29.2 Å². The van der Waals surface area contributed by atoms with Gasteiger partial charge in [-0.25, -0.2) is 4.39 Å². The maximum atomic E-state index is 13.6. The fourth-order valence-electron chi connectivity index (χ4n) is 2.47. The summed E-state index contributed by atoms with van der Waals surface area (Å²) in [6.45, 7) is 1.71. The van der Waals surface area contributed by atoms with Crippen molar-refractivity contribution in [2.75, 3.05) is 5.32 Å². The summed E-state index contributed by atoms with van der Waals surface area (Å²) < 4.78 is 13.6. The molecule has 120 valence electrons. The van der Waals surface area contributed by atoms with E-state index < -0.39 is 0 Å². The zero-order chi connectivity index (χ0) is 17.1. The number of rotatable bonds is 4. The first-order chi connectivity index (χ1) is 11.6. The van der Waals surface area contributed by atoms with Crippen LogP contribution in [0.5, 0.6) is 0 Å².